The Morgan fingerprint density at radius 2 is 1.30 bits per heavy atom. The van der Waals surface area contributed by atoms with Crippen LogP contribution in [0.15, 0.2) is 84.9 Å². The number of para-hydroxylation sites is 1. The van der Waals surface area contributed by atoms with E-state index in [-0.39, 0.29) is 5.91 Å². The number of anilines is 1. The van der Waals surface area contributed by atoms with E-state index in [1.807, 2.05) is 60.7 Å². The SMILES string of the molecule is CC(C(=O)N(CCc1ccccc1)c1ccccc1)N1C(=O)c2ccccc2C1=O. The smallest absolute Gasteiger partial charge is 0.262 e. The maximum Gasteiger partial charge on any atom is 0.262 e. The molecule has 0 saturated heterocycles. The van der Waals surface area contributed by atoms with Crippen LogP contribution in [-0.2, 0) is 11.2 Å². The quantitative estimate of drug-likeness (QED) is 0.591. The summed E-state index contributed by atoms with van der Waals surface area (Å²) in [6.45, 7) is 2.06. The molecule has 3 aromatic rings. The molecule has 4 rings (SSSR count). The number of nitrogens with zero attached hydrogens (tertiary/aromatic N) is 2. The predicted molar refractivity (Wildman–Crippen MR) is 115 cm³/mol. The Morgan fingerprint density at radius 3 is 1.87 bits per heavy atom. The van der Waals surface area contributed by atoms with Crippen LogP contribution in [0.3, 0.4) is 0 Å². The lowest BCUT2D eigenvalue weighted by Crippen LogP contribution is -2.50. The molecule has 30 heavy (non-hydrogen) atoms. The summed E-state index contributed by atoms with van der Waals surface area (Å²) < 4.78 is 0. The lowest BCUT2D eigenvalue weighted by molar-refractivity contribution is -0.121. The summed E-state index contributed by atoms with van der Waals surface area (Å²) in [5.74, 6) is -1.13. The molecule has 1 aliphatic heterocycles. The number of amides is 3. The molecule has 3 amide bonds. The molecular formula is C25H22N2O3. The van der Waals surface area contributed by atoms with Crippen molar-refractivity contribution in [1.29, 1.82) is 0 Å². The van der Waals surface area contributed by atoms with Crippen LogP contribution in [0, 0.1) is 0 Å². The molecule has 150 valence electrons. The minimum Gasteiger partial charge on any atom is -0.310 e. The van der Waals surface area contributed by atoms with E-state index in [1.54, 1.807) is 36.1 Å². The van der Waals surface area contributed by atoms with Crippen LogP contribution >= 0.6 is 0 Å². The molecule has 3 aromatic carbocycles. The first-order valence-corrected chi connectivity index (χ1v) is 9.95. The summed E-state index contributed by atoms with van der Waals surface area (Å²) in [4.78, 5) is 41.9. The van der Waals surface area contributed by atoms with E-state index in [4.69, 9.17) is 0 Å². The van der Waals surface area contributed by atoms with Crippen molar-refractivity contribution in [3.05, 3.63) is 102 Å². The van der Waals surface area contributed by atoms with Gasteiger partial charge in [0.25, 0.3) is 11.8 Å². The molecule has 0 aliphatic carbocycles. The summed E-state index contributed by atoms with van der Waals surface area (Å²) in [5.41, 5.74) is 2.54. The van der Waals surface area contributed by atoms with Gasteiger partial charge in [-0.3, -0.25) is 19.3 Å². The first kappa shape index (κ1) is 19.6. The molecule has 0 spiro atoms. The van der Waals surface area contributed by atoms with Gasteiger partial charge in [-0.25, -0.2) is 0 Å². The normalized spacial score (nSPS) is 13.8. The lowest BCUT2D eigenvalue weighted by atomic mass is 10.1. The van der Waals surface area contributed by atoms with Crippen molar-refractivity contribution in [2.75, 3.05) is 11.4 Å². The second-order valence-electron chi connectivity index (χ2n) is 7.26. The topological polar surface area (TPSA) is 57.7 Å². The van der Waals surface area contributed by atoms with E-state index >= 15 is 0 Å². The minimum absolute atomic E-state index is 0.286. The number of benzene rings is 3. The maximum atomic E-state index is 13.5. The molecule has 5 heteroatoms. The van der Waals surface area contributed by atoms with E-state index in [9.17, 15) is 14.4 Å². The Morgan fingerprint density at radius 1 is 0.800 bits per heavy atom. The molecular weight excluding hydrogens is 376 g/mol. The zero-order valence-electron chi connectivity index (χ0n) is 16.7. The maximum absolute atomic E-state index is 13.5. The average Bonchev–Trinajstić information content (AvgIpc) is 3.05. The molecule has 0 aromatic heterocycles. The fraction of sp³-hybridized carbons (Fsp3) is 0.160. The van der Waals surface area contributed by atoms with Gasteiger partial charge in [0.1, 0.15) is 6.04 Å². The Labute approximate surface area is 175 Å². The van der Waals surface area contributed by atoms with Gasteiger partial charge in [0.15, 0.2) is 0 Å². The van der Waals surface area contributed by atoms with Crippen molar-refractivity contribution in [1.82, 2.24) is 4.90 Å². The highest BCUT2D eigenvalue weighted by Crippen LogP contribution is 2.26. The van der Waals surface area contributed by atoms with Crippen molar-refractivity contribution in [2.45, 2.75) is 19.4 Å². The van der Waals surface area contributed by atoms with Crippen LogP contribution in [0.1, 0.15) is 33.2 Å². The highest BCUT2D eigenvalue weighted by atomic mass is 16.2. The molecule has 1 aliphatic rings. The van der Waals surface area contributed by atoms with Gasteiger partial charge in [-0.15, -0.1) is 0 Å². The highest BCUT2D eigenvalue weighted by molar-refractivity contribution is 6.23. The molecule has 0 fully saturated rings. The van der Waals surface area contributed by atoms with Crippen LogP contribution in [-0.4, -0.2) is 35.2 Å². The Hall–Kier alpha value is -3.73. The average molecular weight is 398 g/mol. The lowest BCUT2D eigenvalue weighted by Gasteiger charge is -2.29. The zero-order valence-corrected chi connectivity index (χ0v) is 16.7. The number of carbonyl (C=O) groups excluding carboxylic acids is 3. The molecule has 1 heterocycles. The summed E-state index contributed by atoms with van der Waals surface area (Å²) in [5, 5.41) is 0. The van der Waals surface area contributed by atoms with Crippen molar-refractivity contribution < 1.29 is 14.4 Å². The number of rotatable bonds is 6. The summed E-state index contributed by atoms with van der Waals surface area (Å²) in [6.07, 6.45) is 0.663. The monoisotopic (exact) mass is 398 g/mol. The molecule has 1 atom stereocenters. The largest absolute Gasteiger partial charge is 0.310 e. The predicted octanol–water partition coefficient (Wildman–Crippen LogP) is 3.95. The van der Waals surface area contributed by atoms with Crippen LogP contribution in [0.25, 0.3) is 0 Å². The Balaban J connectivity index is 1.60. The third-order valence-corrected chi connectivity index (χ3v) is 5.37. The second-order valence-corrected chi connectivity index (χ2v) is 7.26. The summed E-state index contributed by atoms with van der Waals surface area (Å²) in [7, 11) is 0. The third kappa shape index (κ3) is 3.62. The van der Waals surface area contributed by atoms with Gasteiger partial charge in [-0.1, -0.05) is 60.7 Å². The van der Waals surface area contributed by atoms with Crippen molar-refractivity contribution in [3.8, 4) is 0 Å². The Bertz CT molecular complexity index is 1040. The van der Waals surface area contributed by atoms with Gasteiger partial charge in [-0.2, -0.15) is 0 Å². The van der Waals surface area contributed by atoms with Crippen LogP contribution < -0.4 is 4.90 Å². The molecule has 1 unspecified atom stereocenters. The van der Waals surface area contributed by atoms with E-state index in [0.717, 1.165) is 16.2 Å². The molecule has 0 N–H and O–H groups in total. The number of fused-ring (bicyclic) bond motifs is 1. The number of hydrogen-bond donors (Lipinski definition) is 0. The van der Waals surface area contributed by atoms with Crippen LogP contribution in [0.2, 0.25) is 0 Å². The van der Waals surface area contributed by atoms with Crippen molar-refractivity contribution in [2.24, 2.45) is 0 Å². The number of imide groups is 1. The third-order valence-electron chi connectivity index (χ3n) is 5.37. The first-order chi connectivity index (χ1) is 14.6. The standard InChI is InChI=1S/C25H22N2O3/c1-18(27-24(29)21-14-8-9-15-22(21)25(27)30)23(28)26(20-12-6-3-7-13-20)17-16-19-10-4-2-5-11-19/h2-15,18H,16-17H2,1H3. The van der Waals surface area contributed by atoms with Crippen molar-refractivity contribution >= 4 is 23.4 Å². The second kappa shape index (κ2) is 8.33. The van der Waals surface area contributed by atoms with Gasteiger partial charge < -0.3 is 4.90 Å². The van der Waals surface area contributed by atoms with Gasteiger partial charge in [0, 0.05) is 12.2 Å². The summed E-state index contributed by atoms with van der Waals surface area (Å²) in [6, 6.07) is 25.0. The van der Waals surface area contributed by atoms with E-state index in [1.165, 1.54) is 0 Å². The fourth-order valence-corrected chi connectivity index (χ4v) is 3.76. The fourth-order valence-electron chi connectivity index (χ4n) is 3.76. The minimum atomic E-state index is -0.909. The van der Waals surface area contributed by atoms with Crippen molar-refractivity contribution in [3.63, 3.8) is 0 Å². The molecule has 0 radical (unpaired) electrons. The molecule has 0 bridgehead atoms. The highest BCUT2D eigenvalue weighted by Gasteiger charge is 2.41. The van der Waals surface area contributed by atoms with E-state index in [0.29, 0.717) is 24.1 Å². The summed E-state index contributed by atoms with van der Waals surface area (Å²) >= 11 is 0. The van der Waals surface area contributed by atoms with E-state index in [2.05, 4.69) is 0 Å². The number of carbonyl (C=O) groups is 3. The molecule has 0 saturated carbocycles. The van der Waals surface area contributed by atoms with Gasteiger partial charge in [0.2, 0.25) is 5.91 Å². The van der Waals surface area contributed by atoms with Crippen LogP contribution in [0.5, 0.6) is 0 Å². The van der Waals surface area contributed by atoms with Gasteiger partial charge in [0.05, 0.1) is 11.1 Å². The number of hydrogen-bond acceptors (Lipinski definition) is 3. The molecule has 5 nitrogen and oxygen atoms in total. The zero-order chi connectivity index (χ0) is 21.1. The van der Waals surface area contributed by atoms with Gasteiger partial charge in [-0.05, 0) is 43.2 Å². The van der Waals surface area contributed by atoms with Crippen LogP contribution in [0.4, 0.5) is 5.69 Å². The Kier molecular flexibility index (Phi) is 5.44. The first-order valence-electron chi connectivity index (χ1n) is 9.95. The van der Waals surface area contributed by atoms with E-state index < -0.39 is 17.9 Å². The van der Waals surface area contributed by atoms with Gasteiger partial charge >= 0.3 is 0 Å².